The third-order valence-corrected chi connectivity index (χ3v) is 3.82. The van der Waals surface area contributed by atoms with E-state index in [1.165, 1.54) is 12.3 Å². The molecule has 4 nitrogen and oxygen atoms in total. The molecule has 0 spiro atoms. The van der Waals surface area contributed by atoms with Crippen LogP contribution in [0.4, 0.5) is 4.39 Å². The normalized spacial score (nSPS) is 11.4. The minimum absolute atomic E-state index is 0.148. The first-order valence-corrected chi connectivity index (χ1v) is 7.50. The van der Waals surface area contributed by atoms with E-state index in [4.69, 9.17) is 12.2 Å². The Morgan fingerprint density at radius 2 is 2.05 bits per heavy atom. The van der Waals surface area contributed by atoms with Crippen molar-refractivity contribution in [3.63, 3.8) is 0 Å². The van der Waals surface area contributed by atoms with E-state index >= 15 is 0 Å². The molecule has 0 unspecified atom stereocenters. The minimum Gasteiger partial charge on any atom is -0.330 e. The van der Waals surface area contributed by atoms with E-state index in [-0.39, 0.29) is 15.9 Å². The second-order valence-corrected chi connectivity index (χ2v) is 5.81. The van der Waals surface area contributed by atoms with Crippen molar-refractivity contribution in [2.75, 3.05) is 0 Å². The predicted molar refractivity (Wildman–Crippen MR) is 90.5 cm³/mol. The number of nitrogens with zero attached hydrogens (tertiary/aromatic N) is 2. The zero-order chi connectivity index (χ0) is 15.7. The lowest BCUT2D eigenvalue weighted by Gasteiger charge is -2.03. The topological polar surface area (TPSA) is 50.1 Å². The molecule has 7 heteroatoms. The van der Waals surface area contributed by atoms with Crippen LogP contribution in [-0.2, 0) is 0 Å². The molecule has 22 heavy (non-hydrogen) atoms. The molecular formula is C15H9BrFN3OS. The van der Waals surface area contributed by atoms with Crippen LogP contribution in [0, 0.1) is 10.6 Å². The Labute approximate surface area is 138 Å². The number of benzene rings is 2. The summed E-state index contributed by atoms with van der Waals surface area (Å²) in [5.41, 5.74) is 0.535. The van der Waals surface area contributed by atoms with Crippen LogP contribution in [-0.4, -0.2) is 15.9 Å². The second kappa shape index (κ2) is 5.94. The minimum atomic E-state index is -0.435. The van der Waals surface area contributed by atoms with Crippen molar-refractivity contribution in [1.82, 2.24) is 9.66 Å². The Bertz CT molecular complexity index is 1010. The number of rotatable bonds is 2. The number of aromatic nitrogens is 2. The lowest BCUT2D eigenvalue weighted by Crippen LogP contribution is -2.18. The van der Waals surface area contributed by atoms with E-state index < -0.39 is 5.82 Å². The first-order chi connectivity index (χ1) is 10.6. The summed E-state index contributed by atoms with van der Waals surface area (Å²) < 4.78 is 15.6. The quantitative estimate of drug-likeness (QED) is 0.544. The van der Waals surface area contributed by atoms with E-state index in [0.29, 0.717) is 15.4 Å². The summed E-state index contributed by atoms with van der Waals surface area (Å²) in [7, 11) is 0. The lowest BCUT2D eigenvalue weighted by atomic mass is 10.2. The SMILES string of the molecule is O=c1c2ccccc2[nH]c(=S)n1/N=C\c1cc(Br)ccc1F. The summed E-state index contributed by atoms with van der Waals surface area (Å²) in [5, 5.41) is 4.47. The number of hydrogen-bond acceptors (Lipinski definition) is 3. The molecule has 110 valence electrons. The number of aromatic amines is 1. The first kappa shape index (κ1) is 14.8. The summed E-state index contributed by atoms with van der Waals surface area (Å²) in [6.07, 6.45) is 1.26. The van der Waals surface area contributed by atoms with E-state index in [2.05, 4.69) is 26.0 Å². The molecule has 0 atom stereocenters. The first-order valence-electron chi connectivity index (χ1n) is 6.30. The van der Waals surface area contributed by atoms with Crippen LogP contribution in [0.5, 0.6) is 0 Å². The molecule has 1 N–H and O–H groups in total. The molecule has 3 aromatic rings. The number of nitrogens with one attached hydrogen (secondary N) is 1. The highest BCUT2D eigenvalue weighted by Gasteiger charge is 2.04. The molecule has 1 heterocycles. The average molecular weight is 378 g/mol. The highest BCUT2D eigenvalue weighted by Crippen LogP contribution is 2.14. The van der Waals surface area contributed by atoms with Crippen molar-refractivity contribution in [2.45, 2.75) is 0 Å². The van der Waals surface area contributed by atoms with Gasteiger partial charge >= 0.3 is 0 Å². The van der Waals surface area contributed by atoms with Crippen LogP contribution in [0.1, 0.15) is 5.56 Å². The van der Waals surface area contributed by atoms with Crippen LogP contribution in [0.2, 0.25) is 0 Å². The predicted octanol–water partition coefficient (Wildman–Crippen LogP) is 3.84. The second-order valence-electron chi connectivity index (χ2n) is 4.50. The van der Waals surface area contributed by atoms with Gasteiger partial charge in [-0.25, -0.2) is 4.39 Å². The van der Waals surface area contributed by atoms with Gasteiger partial charge in [-0.2, -0.15) is 9.78 Å². The Hall–Kier alpha value is -2.12. The van der Waals surface area contributed by atoms with Crippen molar-refractivity contribution >= 4 is 45.3 Å². The molecule has 0 fully saturated rings. The summed E-state index contributed by atoms with van der Waals surface area (Å²) in [6, 6.07) is 11.5. The molecule has 0 saturated heterocycles. The molecular weight excluding hydrogens is 369 g/mol. The number of para-hydroxylation sites is 1. The van der Waals surface area contributed by atoms with Crippen molar-refractivity contribution in [1.29, 1.82) is 0 Å². The van der Waals surface area contributed by atoms with E-state index in [9.17, 15) is 9.18 Å². The van der Waals surface area contributed by atoms with Crippen molar-refractivity contribution in [3.8, 4) is 0 Å². The number of hydrogen-bond donors (Lipinski definition) is 1. The van der Waals surface area contributed by atoms with Crippen LogP contribution in [0.3, 0.4) is 0 Å². The largest absolute Gasteiger partial charge is 0.330 e. The molecule has 0 amide bonds. The smallest absolute Gasteiger partial charge is 0.282 e. The summed E-state index contributed by atoms with van der Waals surface area (Å²) in [5.74, 6) is -0.435. The van der Waals surface area contributed by atoms with Gasteiger partial charge in [0.2, 0.25) is 4.77 Å². The Morgan fingerprint density at radius 1 is 1.27 bits per heavy atom. The standard InChI is InChI=1S/C15H9BrFN3OS/c16-10-5-6-12(17)9(7-10)8-18-20-14(21)11-3-1-2-4-13(11)19-15(20)22/h1-8H,(H,19,22)/b18-8-. The van der Waals surface area contributed by atoms with Gasteiger partial charge in [0.1, 0.15) is 5.82 Å². The summed E-state index contributed by atoms with van der Waals surface area (Å²) in [6.45, 7) is 0. The van der Waals surface area contributed by atoms with Gasteiger partial charge < -0.3 is 4.98 Å². The maximum atomic E-state index is 13.7. The zero-order valence-electron chi connectivity index (χ0n) is 11.1. The van der Waals surface area contributed by atoms with Gasteiger partial charge in [-0.3, -0.25) is 4.79 Å². The number of H-pyrrole nitrogens is 1. The summed E-state index contributed by atoms with van der Waals surface area (Å²) in [4.78, 5) is 15.3. The fourth-order valence-electron chi connectivity index (χ4n) is 1.99. The number of fused-ring (bicyclic) bond motifs is 1. The van der Waals surface area contributed by atoms with Gasteiger partial charge in [-0.15, -0.1) is 0 Å². The lowest BCUT2D eigenvalue weighted by molar-refractivity contribution is 0.625. The van der Waals surface area contributed by atoms with Gasteiger partial charge in [-0.05, 0) is 42.5 Å². The Balaban J connectivity index is 2.15. The maximum absolute atomic E-state index is 13.7. The van der Waals surface area contributed by atoms with Crippen molar-refractivity contribution < 1.29 is 4.39 Å². The van der Waals surface area contributed by atoms with Crippen LogP contribution in [0.25, 0.3) is 10.9 Å². The molecule has 2 aromatic carbocycles. The Morgan fingerprint density at radius 3 is 2.86 bits per heavy atom. The average Bonchev–Trinajstić information content (AvgIpc) is 2.50. The molecule has 0 radical (unpaired) electrons. The van der Waals surface area contributed by atoms with Gasteiger partial charge in [0.25, 0.3) is 5.56 Å². The maximum Gasteiger partial charge on any atom is 0.282 e. The van der Waals surface area contributed by atoms with Crippen LogP contribution < -0.4 is 5.56 Å². The van der Waals surface area contributed by atoms with Gasteiger partial charge in [0.15, 0.2) is 0 Å². The molecule has 0 aliphatic heterocycles. The van der Waals surface area contributed by atoms with Gasteiger partial charge in [0, 0.05) is 10.0 Å². The molecule has 3 rings (SSSR count). The Kier molecular flexibility index (Phi) is 4.00. The van der Waals surface area contributed by atoms with Crippen LogP contribution in [0.15, 0.2) is 56.8 Å². The molecule has 0 bridgehead atoms. The highest BCUT2D eigenvalue weighted by atomic mass is 79.9. The highest BCUT2D eigenvalue weighted by molar-refractivity contribution is 9.10. The van der Waals surface area contributed by atoms with Crippen molar-refractivity contribution in [3.05, 3.63) is 73.4 Å². The molecule has 0 aliphatic rings. The molecule has 1 aromatic heterocycles. The van der Waals surface area contributed by atoms with Crippen molar-refractivity contribution in [2.24, 2.45) is 5.10 Å². The van der Waals surface area contributed by atoms with E-state index in [1.807, 2.05) is 0 Å². The van der Waals surface area contributed by atoms with Gasteiger partial charge in [0.05, 0.1) is 17.1 Å². The van der Waals surface area contributed by atoms with Crippen LogP contribution >= 0.6 is 28.1 Å². The van der Waals surface area contributed by atoms with E-state index in [0.717, 1.165) is 4.68 Å². The third-order valence-electron chi connectivity index (χ3n) is 3.05. The fourth-order valence-corrected chi connectivity index (χ4v) is 2.61. The summed E-state index contributed by atoms with van der Waals surface area (Å²) >= 11 is 8.39. The monoisotopic (exact) mass is 377 g/mol. The van der Waals surface area contributed by atoms with Gasteiger partial charge in [-0.1, -0.05) is 28.1 Å². The zero-order valence-corrected chi connectivity index (χ0v) is 13.5. The molecule has 0 saturated carbocycles. The fraction of sp³-hybridized carbons (Fsp3) is 0. The third kappa shape index (κ3) is 2.77. The molecule has 0 aliphatic carbocycles. The van der Waals surface area contributed by atoms with E-state index in [1.54, 1.807) is 36.4 Å². The number of halogens is 2.